The van der Waals surface area contributed by atoms with Crippen LogP contribution < -0.4 is 9.80 Å². The number of aromatic hydroxyl groups is 2. The first-order chi connectivity index (χ1) is 26.9. The number of allylic oxidation sites excluding steroid dienone is 3. The molecule has 3 aromatic carbocycles. The van der Waals surface area contributed by atoms with Crippen LogP contribution in [0, 0.1) is 11.3 Å². The molecular formula is C46H60N2O8. The predicted molar refractivity (Wildman–Crippen MR) is 224 cm³/mol. The number of hydrogen-bond acceptors (Lipinski definition) is 8. The van der Waals surface area contributed by atoms with Crippen molar-refractivity contribution >= 4 is 34.9 Å². The minimum absolute atomic E-state index is 0.0708. The summed E-state index contributed by atoms with van der Waals surface area (Å²) in [5.74, 6) is -4.18. The molecule has 1 aliphatic rings. The third-order valence-electron chi connectivity index (χ3n) is 10.4. The van der Waals surface area contributed by atoms with Crippen LogP contribution in [0.15, 0.2) is 85.0 Å². The van der Waals surface area contributed by atoms with Crippen LogP contribution in [-0.4, -0.2) is 70.1 Å². The third kappa shape index (κ3) is 11.3. The van der Waals surface area contributed by atoms with E-state index >= 15 is 0 Å². The number of phenolic OH excluding ortho intramolecular Hbond substituents is 2. The van der Waals surface area contributed by atoms with E-state index in [4.69, 9.17) is 0 Å². The standard InChI is InChI=1S/C24H33NO4.C22H27NO4/c1-4-7-8-10-15-24(16-11-9-12-20(24)23(28)29)22(27)19-14-13-18(17-21(19)26)25(5-2)6-3;1-3-5-13-23(14-6-4-2)16-11-12-19(20(24)15-16)21(25)17-9-7-8-10-18(17)22(26)27/h9,11-14,16-17,20,26H,4-8,10,15H2,1-3H3,(H,28,29);7-12,15,24H,3-6,13-14H2,1-2H3,(H,26,27). The number of aromatic carboxylic acids is 1. The lowest BCUT2D eigenvalue weighted by atomic mass is 9.65. The molecule has 0 saturated heterocycles. The Balaban J connectivity index is 0.000000301. The second kappa shape index (κ2) is 22.2. The average Bonchev–Trinajstić information content (AvgIpc) is 3.20. The van der Waals surface area contributed by atoms with Gasteiger partial charge in [0.15, 0.2) is 11.6 Å². The maximum atomic E-state index is 13.6. The Kier molecular flexibility index (Phi) is 17.9. The maximum absolute atomic E-state index is 13.6. The number of benzene rings is 3. The molecular weight excluding hydrogens is 709 g/mol. The monoisotopic (exact) mass is 768 g/mol. The summed E-state index contributed by atoms with van der Waals surface area (Å²) in [5.41, 5.74) is 0.830. The Labute approximate surface area is 332 Å². The number of unbranched alkanes of at least 4 members (excludes halogenated alkanes) is 5. The van der Waals surface area contributed by atoms with E-state index in [0.29, 0.717) is 6.42 Å². The highest BCUT2D eigenvalue weighted by molar-refractivity contribution is 6.15. The molecule has 0 fully saturated rings. The van der Waals surface area contributed by atoms with Crippen LogP contribution in [0.25, 0.3) is 0 Å². The van der Waals surface area contributed by atoms with Crippen LogP contribution in [0.5, 0.6) is 11.5 Å². The number of Topliss-reactive ketones (excluding diaryl/α,β-unsaturated/α-hetero) is 1. The number of nitrogens with zero attached hydrogens (tertiary/aromatic N) is 2. The summed E-state index contributed by atoms with van der Waals surface area (Å²) in [6, 6.07) is 16.1. The Morgan fingerprint density at radius 1 is 0.625 bits per heavy atom. The van der Waals surface area contributed by atoms with Gasteiger partial charge in [0.2, 0.25) is 0 Å². The topological polar surface area (TPSA) is 156 Å². The molecule has 3 aromatic rings. The molecule has 0 saturated carbocycles. The quantitative estimate of drug-likeness (QED) is 0.0608. The van der Waals surface area contributed by atoms with Crippen molar-refractivity contribution in [1.29, 1.82) is 0 Å². The van der Waals surface area contributed by atoms with Crippen LogP contribution >= 0.6 is 0 Å². The van der Waals surface area contributed by atoms with E-state index in [1.807, 2.05) is 26.0 Å². The second-order valence-electron chi connectivity index (χ2n) is 14.2. The Bertz CT molecular complexity index is 1840. The van der Waals surface area contributed by atoms with Crippen molar-refractivity contribution in [3.63, 3.8) is 0 Å². The number of rotatable bonds is 21. The highest BCUT2D eigenvalue weighted by atomic mass is 16.4. The summed E-state index contributed by atoms with van der Waals surface area (Å²) < 4.78 is 0. The fourth-order valence-corrected chi connectivity index (χ4v) is 7.13. The van der Waals surface area contributed by atoms with Crippen molar-refractivity contribution < 1.29 is 39.6 Å². The summed E-state index contributed by atoms with van der Waals surface area (Å²) >= 11 is 0. The van der Waals surface area contributed by atoms with Gasteiger partial charge in [0, 0.05) is 55.2 Å². The molecule has 0 radical (unpaired) electrons. The number of hydrogen-bond donors (Lipinski definition) is 4. The minimum Gasteiger partial charge on any atom is -0.507 e. The molecule has 0 aliphatic heterocycles. The first-order valence-electron chi connectivity index (χ1n) is 20.1. The minimum atomic E-state index is -1.18. The van der Waals surface area contributed by atoms with Crippen LogP contribution in [0.2, 0.25) is 0 Å². The van der Waals surface area contributed by atoms with Gasteiger partial charge in [-0.2, -0.15) is 0 Å². The van der Waals surface area contributed by atoms with Crippen LogP contribution in [0.4, 0.5) is 11.4 Å². The first kappa shape index (κ1) is 45.0. The lowest BCUT2D eigenvalue weighted by Crippen LogP contribution is -2.41. The summed E-state index contributed by atoms with van der Waals surface area (Å²) in [5, 5.41) is 40.2. The predicted octanol–water partition coefficient (Wildman–Crippen LogP) is 9.93. The number of aliphatic carboxylic acids is 1. The fourth-order valence-electron chi connectivity index (χ4n) is 7.13. The van der Waals surface area contributed by atoms with Crippen LogP contribution in [0.1, 0.15) is 129 Å². The summed E-state index contributed by atoms with van der Waals surface area (Å²) in [7, 11) is 0. The van der Waals surface area contributed by atoms with Gasteiger partial charge in [0.05, 0.1) is 28.0 Å². The smallest absolute Gasteiger partial charge is 0.336 e. The van der Waals surface area contributed by atoms with Gasteiger partial charge >= 0.3 is 11.9 Å². The number of carbonyl (C=O) groups excluding carboxylic acids is 2. The molecule has 0 spiro atoms. The molecule has 0 amide bonds. The van der Waals surface area contributed by atoms with E-state index in [-0.39, 0.29) is 39.5 Å². The molecule has 2 unspecified atom stereocenters. The zero-order valence-corrected chi connectivity index (χ0v) is 33.7. The number of carboxylic acid groups (broad SMARTS) is 2. The number of anilines is 2. The highest BCUT2D eigenvalue weighted by Gasteiger charge is 2.47. The molecule has 2 atom stereocenters. The summed E-state index contributed by atoms with van der Waals surface area (Å²) in [6.07, 6.45) is 15.3. The zero-order valence-electron chi connectivity index (χ0n) is 33.7. The molecule has 302 valence electrons. The fraction of sp³-hybridized carbons (Fsp3) is 0.435. The zero-order chi connectivity index (χ0) is 41.3. The van der Waals surface area contributed by atoms with E-state index in [2.05, 4.69) is 30.6 Å². The lowest BCUT2D eigenvalue weighted by molar-refractivity contribution is -0.142. The van der Waals surface area contributed by atoms with E-state index < -0.39 is 29.1 Å². The molecule has 4 N–H and O–H groups in total. The second-order valence-corrected chi connectivity index (χ2v) is 14.2. The largest absolute Gasteiger partial charge is 0.507 e. The lowest BCUT2D eigenvalue weighted by Gasteiger charge is -2.35. The molecule has 0 aromatic heterocycles. The average molecular weight is 769 g/mol. The molecule has 4 rings (SSSR count). The van der Waals surface area contributed by atoms with E-state index in [1.54, 1.807) is 60.7 Å². The van der Waals surface area contributed by atoms with Gasteiger partial charge in [-0.15, -0.1) is 0 Å². The van der Waals surface area contributed by atoms with Crippen molar-refractivity contribution in [3.05, 3.63) is 107 Å². The first-order valence-corrected chi connectivity index (χ1v) is 20.1. The van der Waals surface area contributed by atoms with E-state index in [1.165, 1.54) is 12.1 Å². The molecule has 56 heavy (non-hydrogen) atoms. The van der Waals surface area contributed by atoms with Crippen molar-refractivity contribution in [2.75, 3.05) is 36.0 Å². The molecule has 0 bridgehead atoms. The van der Waals surface area contributed by atoms with Crippen LogP contribution in [0.3, 0.4) is 0 Å². The SMILES string of the molecule is CCCCCCC1(C(=O)c2ccc(N(CC)CC)cc2O)C=CC=CC1C(=O)O.CCCCN(CCCC)c1ccc(C(=O)c2ccccc2C(=O)O)c(O)c1. The number of ketones is 2. The van der Waals surface area contributed by atoms with Gasteiger partial charge < -0.3 is 30.2 Å². The number of carbonyl (C=O) groups is 4. The Hall–Kier alpha value is -5.38. The van der Waals surface area contributed by atoms with Crippen molar-refractivity contribution in [2.24, 2.45) is 11.3 Å². The van der Waals surface area contributed by atoms with Crippen molar-refractivity contribution in [1.82, 2.24) is 0 Å². The normalized spacial score (nSPS) is 15.8. The van der Waals surface area contributed by atoms with Crippen molar-refractivity contribution in [3.8, 4) is 11.5 Å². The highest BCUT2D eigenvalue weighted by Crippen LogP contribution is 2.44. The van der Waals surface area contributed by atoms with Gasteiger partial charge in [-0.25, -0.2) is 4.79 Å². The third-order valence-corrected chi connectivity index (χ3v) is 10.4. The molecule has 10 nitrogen and oxygen atoms in total. The van der Waals surface area contributed by atoms with Crippen molar-refractivity contribution in [2.45, 2.75) is 92.4 Å². The van der Waals surface area contributed by atoms with Gasteiger partial charge in [-0.05, 0) is 63.4 Å². The molecule has 10 heteroatoms. The van der Waals surface area contributed by atoms with Crippen LogP contribution in [-0.2, 0) is 4.79 Å². The summed E-state index contributed by atoms with van der Waals surface area (Å²) in [4.78, 5) is 54.1. The summed E-state index contributed by atoms with van der Waals surface area (Å²) in [6.45, 7) is 13.8. The van der Waals surface area contributed by atoms with E-state index in [9.17, 15) is 39.6 Å². The number of carboxylic acids is 2. The number of phenols is 2. The van der Waals surface area contributed by atoms with Gasteiger partial charge in [-0.1, -0.05) is 102 Å². The van der Waals surface area contributed by atoms with Gasteiger partial charge in [-0.3, -0.25) is 14.4 Å². The Morgan fingerprint density at radius 3 is 1.70 bits per heavy atom. The van der Waals surface area contributed by atoms with Gasteiger partial charge in [0.1, 0.15) is 11.5 Å². The maximum Gasteiger partial charge on any atom is 0.336 e. The van der Waals surface area contributed by atoms with E-state index in [0.717, 1.165) is 88.9 Å². The Morgan fingerprint density at radius 2 is 1.18 bits per heavy atom. The molecule has 0 heterocycles. The van der Waals surface area contributed by atoms with Gasteiger partial charge in [0.25, 0.3) is 0 Å². The molecule has 1 aliphatic carbocycles.